The van der Waals surface area contributed by atoms with Crippen LogP contribution in [0, 0.1) is 5.41 Å². The Kier molecular flexibility index (Phi) is 5.83. The number of benzene rings is 1. The first-order valence-electron chi connectivity index (χ1n) is 11.2. The molecule has 1 aromatic carbocycles. The highest BCUT2D eigenvalue weighted by Gasteiger charge is 2.30. The van der Waals surface area contributed by atoms with Gasteiger partial charge in [-0.15, -0.1) is 12.4 Å². The highest BCUT2D eigenvalue weighted by atomic mass is 35.5. The first-order chi connectivity index (χ1) is 15.1. The van der Waals surface area contributed by atoms with E-state index in [2.05, 4.69) is 53.5 Å². The average Bonchev–Trinajstić information content (AvgIpc) is 3.13. The van der Waals surface area contributed by atoms with Crippen molar-refractivity contribution >= 4 is 29.3 Å². The van der Waals surface area contributed by atoms with E-state index in [0.29, 0.717) is 23.1 Å². The van der Waals surface area contributed by atoms with Gasteiger partial charge >= 0.3 is 5.97 Å². The second-order valence-corrected chi connectivity index (χ2v) is 10.1. The second kappa shape index (κ2) is 8.22. The van der Waals surface area contributed by atoms with Gasteiger partial charge in [0.2, 0.25) is 0 Å². The number of aryl methyl sites for hydroxylation is 2. The van der Waals surface area contributed by atoms with Crippen molar-refractivity contribution in [1.82, 2.24) is 14.5 Å². The molecule has 0 saturated carbocycles. The lowest BCUT2D eigenvalue weighted by atomic mass is 9.93. The molecule has 0 unspecified atom stereocenters. The summed E-state index contributed by atoms with van der Waals surface area (Å²) in [5.74, 6) is -1.82. The number of aromatic hydroxyl groups is 1. The van der Waals surface area contributed by atoms with E-state index in [-0.39, 0.29) is 12.4 Å². The van der Waals surface area contributed by atoms with Gasteiger partial charge in [0.15, 0.2) is 5.56 Å². The van der Waals surface area contributed by atoms with Crippen molar-refractivity contribution < 1.29 is 15.0 Å². The Hall–Kier alpha value is -2.77. The Bertz CT molecular complexity index is 1320. The van der Waals surface area contributed by atoms with E-state index < -0.39 is 22.8 Å². The monoisotopic (exact) mass is 471 g/mol. The molecule has 33 heavy (non-hydrogen) atoms. The minimum atomic E-state index is -1.41. The third-order valence-corrected chi connectivity index (χ3v) is 7.15. The molecule has 0 amide bonds. The molecular formula is C25H30ClN3O4. The van der Waals surface area contributed by atoms with E-state index >= 15 is 0 Å². The Balaban J connectivity index is 0.00000259. The lowest BCUT2D eigenvalue weighted by Gasteiger charge is -2.19. The fraction of sp³-hybridized carbons (Fsp3) is 0.440. The highest BCUT2D eigenvalue weighted by Crippen LogP contribution is 2.38. The molecule has 176 valence electrons. The van der Waals surface area contributed by atoms with Gasteiger partial charge in [-0.2, -0.15) is 0 Å². The smallest absolute Gasteiger partial charge is 0.345 e. The zero-order valence-corrected chi connectivity index (χ0v) is 20.0. The lowest BCUT2D eigenvalue weighted by molar-refractivity contribution is 0.0691. The van der Waals surface area contributed by atoms with Crippen molar-refractivity contribution in [3.8, 4) is 17.0 Å². The molecule has 7 nitrogen and oxygen atoms in total. The summed E-state index contributed by atoms with van der Waals surface area (Å²) in [4.78, 5) is 29.2. The van der Waals surface area contributed by atoms with Crippen LogP contribution in [-0.4, -0.2) is 43.7 Å². The number of carbonyl (C=O) groups is 1. The van der Waals surface area contributed by atoms with E-state index in [1.165, 1.54) is 12.1 Å². The molecule has 2 aromatic heterocycles. The number of carboxylic acid groups (broad SMARTS) is 1. The second-order valence-electron chi connectivity index (χ2n) is 10.1. The largest absolute Gasteiger partial charge is 0.506 e. The van der Waals surface area contributed by atoms with Gasteiger partial charge < -0.3 is 19.8 Å². The fourth-order valence-corrected chi connectivity index (χ4v) is 5.42. The van der Waals surface area contributed by atoms with E-state index in [0.717, 1.165) is 54.5 Å². The van der Waals surface area contributed by atoms with Crippen molar-refractivity contribution in [2.45, 2.75) is 46.1 Å². The number of carboxylic acids is 1. The van der Waals surface area contributed by atoms with E-state index in [1.54, 1.807) is 0 Å². The van der Waals surface area contributed by atoms with Crippen LogP contribution in [0.15, 0.2) is 23.0 Å². The molecule has 3 N–H and O–H groups in total. The van der Waals surface area contributed by atoms with Gasteiger partial charge in [-0.3, -0.25) is 9.69 Å². The molecule has 1 aliphatic heterocycles. The minimum Gasteiger partial charge on any atom is -0.506 e. The predicted molar refractivity (Wildman–Crippen MR) is 131 cm³/mol. The number of aromatic carboxylic acids is 1. The standard InChI is InChI=1S/C25H29N3O4.ClH/c1-25(2)7-8-28(13-25)12-16-9-15-10-18-14(11-19(15)27(16)3)5-4-6-17-21(18)26-23(30)20(22(17)29)24(31)32;/h9-11H,4-8,12-13H2,1-3H3,(H,31,32)(H2,26,29,30);1H. The molecule has 8 heteroatoms. The van der Waals surface area contributed by atoms with Crippen LogP contribution in [0.3, 0.4) is 0 Å². The summed E-state index contributed by atoms with van der Waals surface area (Å²) in [6, 6.07) is 6.45. The van der Waals surface area contributed by atoms with Gasteiger partial charge in [0.1, 0.15) is 5.75 Å². The normalized spacial score (nSPS) is 17.3. The average molecular weight is 472 g/mol. The molecule has 5 rings (SSSR count). The van der Waals surface area contributed by atoms with Crippen molar-refractivity contribution in [3.05, 3.63) is 50.9 Å². The third kappa shape index (κ3) is 3.93. The quantitative estimate of drug-likeness (QED) is 0.534. The predicted octanol–water partition coefficient (Wildman–Crippen LogP) is 4.08. The lowest BCUT2D eigenvalue weighted by Crippen LogP contribution is -2.23. The van der Waals surface area contributed by atoms with Crippen LogP contribution in [0.1, 0.15) is 53.9 Å². The molecule has 3 aromatic rings. The van der Waals surface area contributed by atoms with E-state index in [9.17, 15) is 19.8 Å². The van der Waals surface area contributed by atoms with E-state index in [1.807, 2.05) is 0 Å². The number of halogens is 1. The van der Waals surface area contributed by atoms with Crippen molar-refractivity contribution in [3.63, 3.8) is 0 Å². The topological polar surface area (TPSA) is 98.6 Å². The molecule has 3 heterocycles. The maximum absolute atomic E-state index is 12.4. The molecule has 1 saturated heterocycles. The summed E-state index contributed by atoms with van der Waals surface area (Å²) in [5.41, 5.74) is 4.42. The van der Waals surface area contributed by atoms with Crippen LogP contribution in [0.2, 0.25) is 0 Å². The summed E-state index contributed by atoms with van der Waals surface area (Å²) >= 11 is 0. The molecule has 1 aliphatic carbocycles. The van der Waals surface area contributed by atoms with Crippen molar-refractivity contribution in [2.75, 3.05) is 13.1 Å². The Morgan fingerprint density at radius 1 is 1.21 bits per heavy atom. The molecule has 0 bridgehead atoms. The molecule has 2 aliphatic rings. The van der Waals surface area contributed by atoms with Crippen molar-refractivity contribution in [1.29, 1.82) is 0 Å². The summed E-state index contributed by atoms with van der Waals surface area (Å²) in [6.45, 7) is 7.72. The molecular weight excluding hydrogens is 442 g/mol. The SMILES string of the molecule is Cl.Cn1c(CN2CCC(C)(C)C2)cc2cc3c(cc21)CCCc1c-3[nH]c(=O)c(C(=O)O)c1O. The Morgan fingerprint density at radius 2 is 1.97 bits per heavy atom. The molecule has 0 atom stereocenters. The van der Waals surface area contributed by atoms with Gasteiger partial charge in [0.05, 0.1) is 5.69 Å². The molecule has 1 fully saturated rings. The van der Waals surface area contributed by atoms with Gasteiger partial charge in [0, 0.05) is 47.9 Å². The summed E-state index contributed by atoms with van der Waals surface area (Å²) in [5, 5.41) is 21.0. The van der Waals surface area contributed by atoms with Crippen LogP contribution < -0.4 is 5.56 Å². The van der Waals surface area contributed by atoms with Crippen LogP contribution in [-0.2, 0) is 26.4 Å². The maximum atomic E-state index is 12.4. The summed E-state index contributed by atoms with van der Waals surface area (Å²) in [7, 11) is 2.10. The third-order valence-electron chi connectivity index (χ3n) is 7.15. The summed E-state index contributed by atoms with van der Waals surface area (Å²) < 4.78 is 2.25. The first kappa shape index (κ1) is 23.4. The number of hydrogen-bond acceptors (Lipinski definition) is 4. The number of likely N-dealkylation sites (tertiary alicyclic amines) is 1. The minimum absolute atomic E-state index is 0. The number of nitrogens with one attached hydrogen (secondary N) is 1. The van der Waals surface area contributed by atoms with Crippen LogP contribution in [0.25, 0.3) is 22.2 Å². The van der Waals surface area contributed by atoms with Gasteiger partial charge in [-0.1, -0.05) is 13.8 Å². The van der Waals surface area contributed by atoms with Crippen molar-refractivity contribution in [2.24, 2.45) is 12.5 Å². The zero-order valence-electron chi connectivity index (χ0n) is 19.2. The number of hydrogen-bond donors (Lipinski definition) is 3. The van der Waals surface area contributed by atoms with Crippen LogP contribution in [0.4, 0.5) is 0 Å². The van der Waals surface area contributed by atoms with Crippen LogP contribution in [0.5, 0.6) is 5.75 Å². The molecule has 0 radical (unpaired) electrons. The fourth-order valence-electron chi connectivity index (χ4n) is 5.42. The van der Waals surface area contributed by atoms with Gasteiger partial charge in [-0.05, 0) is 61.4 Å². The maximum Gasteiger partial charge on any atom is 0.345 e. The number of H-pyrrole nitrogens is 1. The van der Waals surface area contributed by atoms with Crippen LogP contribution >= 0.6 is 12.4 Å². The summed E-state index contributed by atoms with van der Waals surface area (Å²) in [6.07, 6.45) is 3.28. The molecule has 0 spiro atoms. The number of aromatic nitrogens is 2. The van der Waals surface area contributed by atoms with Gasteiger partial charge in [-0.25, -0.2) is 4.79 Å². The number of aromatic amines is 1. The Labute approximate surface area is 198 Å². The zero-order chi connectivity index (χ0) is 22.8. The first-order valence-corrected chi connectivity index (χ1v) is 11.2. The Morgan fingerprint density at radius 3 is 2.64 bits per heavy atom. The highest BCUT2D eigenvalue weighted by molar-refractivity contribution is 5.93. The number of nitrogens with zero attached hydrogens (tertiary/aromatic N) is 2. The van der Waals surface area contributed by atoms with Gasteiger partial charge in [0.25, 0.3) is 5.56 Å². The number of fused-ring (bicyclic) bond motifs is 4. The van der Waals surface area contributed by atoms with E-state index in [4.69, 9.17) is 0 Å². The number of rotatable bonds is 3. The number of pyridine rings is 1.